The first-order chi connectivity index (χ1) is 21.9. The number of hydrogen-bond acceptors (Lipinski definition) is 7. The minimum atomic E-state index is -0.0863. The van der Waals surface area contributed by atoms with Crippen LogP contribution >= 0.6 is 23.5 Å². The Balaban J connectivity index is 2.00. The number of thioether (sulfide) groups is 2. The second-order valence-electron chi connectivity index (χ2n) is 14.9. The van der Waals surface area contributed by atoms with Crippen molar-refractivity contribution in [1.82, 2.24) is 15.0 Å². The summed E-state index contributed by atoms with van der Waals surface area (Å²) in [5, 5.41) is 11.8. The summed E-state index contributed by atoms with van der Waals surface area (Å²) in [4.78, 5) is 17.4. The fourth-order valence-corrected chi connectivity index (χ4v) is 8.38. The van der Waals surface area contributed by atoms with Crippen LogP contribution in [-0.4, -0.2) is 31.6 Å². The number of phenolic OH excluding ortho intramolecular Hbond substituents is 1. The molecule has 1 aliphatic rings. The third-order valence-corrected chi connectivity index (χ3v) is 11.3. The number of phenols is 1. The molecule has 0 bridgehead atoms. The molecule has 1 aliphatic carbocycles. The second-order valence-corrected chi connectivity index (χ2v) is 17.1. The number of allylic oxidation sites excluding steroid dienone is 3. The molecule has 0 saturated carbocycles. The molecule has 46 heavy (non-hydrogen) atoms. The molecular weight excluding hydrogens is 605 g/mol. The highest BCUT2D eigenvalue weighted by atomic mass is 32.2. The Morgan fingerprint density at radius 1 is 0.696 bits per heavy atom. The third kappa shape index (κ3) is 11.0. The van der Waals surface area contributed by atoms with Gasteiger partial charge in [-0.25, -0.2) is 0 Å². The number of anilines is 2. The van der Waals surface area contributed by atoms with Gasteiger partial charge in [-0.2, -0.15) is 15.0 Å². The standard InChI is InChI=1S/C39H62N4OS2/c1-9-11-13-15-17-19-28-45-35-40-34(41-36(42-35)46-29-20-18-16-14-12-10-2)43(31-23-25-33(44)26-24-31)32-22-21-27-39(30-32,37(3,4)5)38(6,7)8/h21-26,30,44H,9-20,27-29H2,1-8H3. The molecule has 1 N–H and O–H groups in total. The summed E-state index contributed by atoms with van der Waals surface area (Å²) in [6, 6.07) is 7.43. The van der Waals surface area contributed by atoms with Crippen LogP contribution in [0.15, 0.2) is 58.5 Å². The van der Waals surface area contributed by atoms with Crippen LogP contribution in [0.1, 0.15) is 139 Å². The van der Waals surface area contributed by atoms with Crippen molar-refractivity contribution in [2.75, 3.05) is 16.4 Å². The number of benzene rings is 1. The fraction of sp³-hybridized carbons (Fsp3) is 0.667. The molecule has 7 heteroatoms. The van der Waals surface area contributed by atoms with Crippen LogP contribution in [0.2, 0.25) is 0 Å². The molecule has 0 atom stereocenters. The number of aromatic nitrogens is 3. The molecular formula is C39H62N4OS2. The molecule has 0 aliphatic heterocycles. The van der Waals surface area contributed by atoms with Crippen LogP contribution in [0, 0.1) is 16.2 Å². The maximum Gasteiger partial charge on any atom is 0.239 e. The van der Waals surface area contributed by atoms with E-state index in [1.54, 1.807) is 35.7 Å². The average Bonchev–Trinajstić information content (AvgIpc) is 3.00. The zero-order chi connectivity index (χ0) is 33.6. The maximum atomic E-state index is 10.2. The summed E-state index contributed by atoms with van der Waals surface area (Å²) in [5.41, 5.74) is 1.95. The molecule has 1 aromatic heterocycles. The van der Waals surface area contributed by atoms with Gasteiger partial charge in [0.25, 0.3) is 0 Å². The molecule has 1 heterocycles. The monoisotopic (exact) mass is 666 g/mol. The van der Waals surface area contributed by atoms with Crippen molar-refractivity contribution in [3.8, 4) is 5.75 Å². The summed E-state index contributed by atoms with van der Waals surface area (Å²) >= 11 is 3.51. The van der Waals surface area contributed by atoms with Gasteiger partial charge in [0.2, 0.25) is 5.95 Å². The summed E-state index contributed by atoms with van der Waals surface area (Å²) in [6.07, 6.45) is 23.3. The molecule has 0 radical (unpaired) electrons. The van der Waals surface area contributed by atoms with E-state index in [1.165, 1.54) is 77.0 Å². The number of aromatic hydroxyl groups is 1. The van der Waals surface area contributed by atoms with Crippen molar-refractivity contribution in [2.45, 2.75) is 149 Å². The van der Waals surface area contributed by atoms with Gasteiger partial charge in [0.1, 0.15) is 5.75 Å². The summed E-state index contributed by atoms with van der Waals surface area (Å²) in [5.74, 6) is 2.91. The Bertz CT molecular complexity index is 1190. The number of rotatable bonds is 19. The number of nitrogens with zero attached hydrogens (tertiary/aromatic N) is 4. The molecule has 0 spiro atoms. The Kier molecular flexibility index (Phi) is 15.5. The lowest BCUT2D eigenvalue weighted by Crippen LogP contribution is -2.46. The minimum Gasteiger partial charge on any atom is -0.508 e. The lowest BCUT2D eigenvalue weighted by molar-refractivity contribution is 0.0182. The molecule has 0 unspecified atom stereocenters. The Hall–Kier alpha value is -1.99. The van der Waals surface area contributed by atoms with E-state index in [9.17, 15) is 5.11 Å². The van der Waals surface area contributed by atoms with Gasteiger partial charge in [-0.05, 0) is 60.4 Å². The third-order valence-electron chi connectivity index (χ3n) is 9.41. The van der Waals surface area contributed by atoms with E-state index in [2.05, 4.69) is 78.5 Å². The highest BCUT2D eigenvalue weighted by Crippen LogP contribution is 2.57. The lowest BCUT2D eigenvalue weighted by Gasteiger charge is -2.53. The van der Waals surface area contributed by atoms with Crippen LogP contribution < -0.4 is 4.90 Å². The van der Waals surface area contributed by atoms with Crippen LogP contribution in [0.3, 0.4) is 0 Å². The van der Waals surface area contributed by atoms with Crippen LogP contribution in [-0.2, 0) is 0 Å². The molecule has 1 aromatic carbocycles. The van der Waals surface area contributed by atoms with Crippen molar-refractivity contribution >= 4 is 35.2 Å². The van der Waals surface area contributed by atoms with Gasteiger partial charge < -0.3 is 5.11 Å². The topological polar surface area (TPSA) is 62.1 Å². The summed E-state index contributed by atoms with van der Waals surface area (Å²) in [7, 11) is 0. The SMILES string of the molecule is CCCCCCCCSc1nc(SCCCCCCCC)nc(N(C2=CC(C(C)(C)C)(C(C)(C)C)CC=C2)c2ccc(O)cc2)n1. The predicted octanol–water partition coefficient (Wildman–Crippen LogP) is 12.5. The zero-order valence-electron chi connectivity index (χ0n) is 30.2. The predicted molar refractivity (Wildman–Crippen MR) is 201 cm³/mol. The Labute approximate surface area is 290 Å². The quantitative estimate of drug-likeness (QED) is 0.118. The van der Waals surface area contributed by atoms with Gasteiger partial charge in [0.15, 0.2) is 10.3 Å². The number of unbranched alkanes of at least 4 members (excludes halogenated alkanes) is 10. The van der Waals surface area contributed by atoms with Crippen LogP contribution in [0.5, 0.6) is 5.75 Å². The smallest absolute Gasteiger partial charge is 0.239 e. The molecule has 0 saturated heterocycles. The van der Waals surface area contributed by atoms with E-state index in [-0.39, 0.29) is 22.0 Å². The van der Waals surface area contributed by atoms with Gasteiger partial charge in [0.05, 0.1) is 0 Å². The highest BCUT2D eigenvalue weighted by molar-refractivity contribution is 7.99. The molecule has 2 aromatic rings. The van der Waals surface area contributed by atoms with Gasteiger partial charge in [-0.1, -0.05) is 155 Å². The fourth-order valence-electron chi connectivity index (χ4n) is 6.66. The van der Waals surface area contributed by atoms with Gasteiger partial charge >= 0.3 is 0 Å². The minimum absolute atomic E-state index is 0.0251. The average molecular weight is 667 g/mol. The number of hydrogen-bond donors (Lipinski definition) is 1. The Morgan fingerprint density at radius 2 is 1.17 bits per heavy atom. The normalized spacial score (nSPS) is 14.8. The van der Waals surface area contributed by atoms with Crippen molar-refractivity contribution in [1.29, 1.82) is 0 Å². The van der Waals surface area contributed by atoms with E-state index >= 15 is 0 Å². The van der Waals surface area contributed by atoms with E-state index in [0.29, 0.717) is 5.95 Å². The van der Waals surface area contributed by atoms with E-state index < -0.39 is 0 Å². The van der Waals surface area contributed by atoms with Crippen molar-refractivity contribution in [3.63, 3.8) is 0 Å². The molecule has 0 fully saturated rings. The van der Waals surface area contributed by atoms with Crippen molar-refractivity contribution in [2.24, 2.45) is 16.2 Å². The summed E-state index contributed by atoms with van der Waals surface area (Å²) in [6.45, 7) is 18.7. The van der Waals surface area contributed by atoms with Crippen molar-refractivity contribution in [3.05, 3.63) is 48.2 Å². The van der Waals surface area contributed by atoms with E-state index in [4.69, 9.17) is 15.0 Å². The molecule has 256 valence electrons. The van der Waals surface area contributed by atoms with Gasteiger partial charge in [-0.15, -0.1) is 0 Å². The molecule has 3 rings (SSSR count). The van der Waals surface area contributed by atoms with E-state index in [0.717, 1.165) is 39.6 Å². The first-order valence-electron chi connectivity index (χ1n) is 17.9. The van der Waals surface area contributed by atoms with Crippen LogP contribution in [0.4, 0.5) is 11.6 Å². The summed E-state index contributed by atoms with van der Waals surface area (Å²) < 4.78 is 0. The molecule has 5 nitrogen and oxygen atoms in total. The molecule has 0 amide bonds. The Morgan fingerprint density at radius 3 is 1.65 bits per heavy atom. The maximum absolute atomic E-state index is 10.2. The van der Waals surface area contributed by atoms with Crippen molar-refractivity contribution < 1.29 is 5.11 Å². The first kappa shape index (κ1) is 38.5. The zero-order valence-corrected chi connectivity index (χ0v) is 31.8. The second kappa shape index (κ2) is 18.5. The van der Waals surface area contributed by atoms with Gasteiger partial charge in [0, 0.05) is 28.3 Å². The largest absolute Gasteiger partial charge is 0.508 e. The van der Waals surface area contributed by atoms with E-state index in [1.807, 2.05) is 12.1 Å². The lowest BCUT2D eigenvalue weighted by atomic mass is 9.51. The first-order valence-corrected chi connectivity index (χ1v) is 19.9. The van der Waals surface area contributed by atoms with Gasteiger partial charge in [-0.3, -0.25) is 4.90 Å². The van der Waals surface area contributed by atoms with Crippen LogP contribution in [0.25, 0.3) is 0 Å². The highest BCUT2D eigenvalue weighted by Gasteiger charge is 2.49.